The number of benzene rings is 1. The second-order valence-corrected chi connectivity index (χ2v) is 4.87. The van der Waals surface area contributed by atoms with E-state index < -0.39 is 0 Å². The molecule has 1 saturated heterocycles. The highest BCUT2D eigenvalue weighted by Gasteiger charge is 2.13. The third kappa shape index (κ3) is 4.85. The molecule has 1 aromatic rings. The first-order chi connectivity index (χ1) is 9.78. The second-order valence-electron chi connectivity index (χ2n) is 4.87. The molecule has 110 valence electrons. The molecule has 0 amide bonds. The molecule has 0 aliphatic carbocycles. The van der Waals surface area contributed by atoms with E-state index in [1.54, 1.807) is 6.20 Å². The summed E-state index contributed by atoms with van der Waals surface area (Å²) in [6.07, 6.45) is 4.85. The van der Waals surface area contributed by atoms with Gasteiger partial charge in [-0.2, -0.15) is 0 Å². The zero-order chi connectivity index (χ0) is 14.2. The van der Waals surface area contributed by atoms with Gasteiger partial charge in [-0.1, -0.05) is 12.1 Å². The lowest BCUT2D eigenvalue weighted by atomic mass is 10.2. The molecule has 1 heterocycles. The van der Waals surface area contributed by atoms with Crippen LogP contribution in [0.3, 0.4) is 0 Å². The Bertz CT molecular complexity index is 425. The molecule has 5 heteroatoms. The van der Waals surface area contributed by atoms with Gasteiger partial charge >= 0.3 is 0 Å². The van der Waals surface area contributed by atoms with Crippen molar-refractivity contribution in [3.8, 4) is 0 Å². The highest BCUT2D eigenvalue weighted by Crippen LogP contribution is 2.14. The molecule has 1 unspecified atom stereocenters. The lowest BCUT2D eigenvalue weighted by Crippen LogP contribution is -2.24. The monoisotopic (exact) mass is 277 g/mol. The second kappa shape index (κ2) is 7.89. The van der Waals surface area contributed by atoms with E-state index in [0.717, 1.165) is 37.1 Å². The van der Waals surface area contributed by atoms with Crippen LogP contribution in [0.15, 0.2) is 36.2 Å². The van der Waals surface area contributed by atoms with Crippen molar-refractivity contribution in [1.29, 1.82) is 0 Å². The van der Waals surface area contributed by atoms with Gasteiger partial charge in [-0.15, -0.1) is 0 Å². The molecule has 0 spiro atoms. The fraction of sp³-hybridized carbons (Fsp3) is 0.467. The van der Waals surface area contributed by atoms with Crippen molar-refractivity contribution in [2.24, 2.45) is 11.5 Å². The first-order valence-electron chi connectivity index (χ1n) is 7.01. The van der Waals surface area contributed by atoms with Gasteiger partial charge in [-0.25, -0.2) is 0 Å². The predicted molar refractivity (Wildman–Crippen MR) is 79.8 cm³/mol. The number of nitrogens with two attached hydrogens (primary N) is 2. The number of hydrogen-bond acceptors (Lipinski definition) is 5. The van der Waals surface area contributed by atoms with Crippen LogP contribution < -0.4 is 16.8 Å². The van der Waals surface area contributed by atoms with Crippen molar-refractivity contribution in [2.75, 3.05) is 18.5 Å². The van der Waals surface area contributed by atoms with Crippen LogP contribution in [0.4, 0.5) is 5.69 Å². The maximum absolute atomic E-state index is 5.89. The van der Waals surface area contributed by atoms with Gasteiger partial charge < -0.3 is 26.3 Å². The van der Waals surface area contributed by atoms with Crippen molar-refractivity contribution >= 4 is 5.69 Å². The first kappa shape index (κ1) is 14.8. The van der Waals surface area contributed by atoms with Gasteiger partial charge in [0.05, 0.1) is 12.3 Å². The number of anilines is 1. The number of hydrogen-bond donors (Lipinski definition) is 3. The summed E-state index contributed by atoms with van der Waals surface area (Å²) < 4.78 is 11.1. The Morgan fingerprint density at radius 2 is 2.15 bits per heavy atom. The molecular formula is C15H23N3O2. The highest BCUT2D eigenvalue weighted by molar-refractivity contribution is 5.47. The minimum Gasteiger partial charge on any atom is -0.399 e. The topological polar surface area (TPSA) is 82.5 Å². The summed E-state index contributed by atoms with van der Waals surface area (Å²) in [6.45, 7) is 1.70. The Morgan fingerprint density at radius 1 is 1.35 bits per heavy atom. The van der Waals surface area contributed by atoms with E-state index >= 15 is 0 Å². The largest absolute Gasteiger partial charge is 0.399 e. The average Bonchev–Trinajstić information content (AvgIpc) is 2.52. The molecule has 1 fully saturated rings. The fourth-order valence-corrected chi connectivity index (χ4v) is 1.99. The summed E-state index contributed by atoms with van der Waals surface area (Å²) in [5.41, 5.74) is 14.2. The number of ether oxygens (including phenoxy) is 2. The van der Waals surface area contributed by atoms with E-state index in [9.17, 15) is 0 Å². The highest BCUT2D eigenvalue weighted by atomic mass is 16.7. The van der Waals surface area contributed by atoms with E-state index in [-0.39, 0.29) is 6.29 Å². The zero-order valence-electron chi connectivity index (χ0n) is 11.7. The number of rotatable bonds is 6. The molecule has 5 N–H and O–H groups in total. The van der Waals surface area contributed by atoms with Crippen molar-refractivity contribution in [1.82, 2.24) is 0 Å². The van der Waals surface area contributed by atoms with Crippen LogP contribution in [0.2, 0.25) is 0 Å². The normalized spacial score (nSPS) is 19.9. The van der Waals surface area contributed by atoms with Gasteiger partial charge in [0.2, 0.25) is 0 Å². The Labute approximate surface area is 119 Å². The van der Waals surface area contributed by atoms with E-state index in [1.165, 1.54) is 0 Å². The Kier molecular flexibility index (Phi) is 5.86. The van der Waals surface area contributed by atoms with E-state index in [4.69, 9.17) is 20.9 Å². The Hall–Kier alpha value is -1.56. The van der Waals surface area contributed by atoms with Gasteiger partial charge in [0.15, 0.2) is 6.29 Å². The summed E-state index contributed by atoms with van der Waals surface area (Å²) in [6, 6.07) is 7.91. The number of nitrogens with one attached hydrogen (secondary N) is 1. The smallest absolute Gasteiger partial charge is 0.158 e. The molecular weight excluding hydrogens is 254 g/mol. The maximum atomic E-state index is 5.89. The van der Waals surface area contributed by atoms with Gasteiger partial charge in [0.1, 0.15) is 0 Å². The van der Waals surface area contributed by atoms with Crippen LogP contribution >= 0.6 is 0 Å². The van der Waals surface area contributed by atoms with E-state index in [2.05, 4.69) is 5.32 Å². The SMILES string of the molecule is NCc1ccc(N/C=C(\N)COC2CCCCO2)cc1. The summed E-state index contributed by atoms with van der Waals surface area (Å²) in [5.74, 6) is 0. The van der Waals surface area contributed by atoms with Gasteiger partial charge in [0.25, 0.3) is 0 Å². The van der Waals surface area contributed by atoms with Crippen LogP contribution in [0, 0.1) is 0 Å². The van der Waals surface area contributed by atoms with Crippen LogP contribution in [-0.4, -0.2) is 19.5 Å². The van der Waals surface area contributed by atoms with Crippen molar-refractivity contribution in [3.05, 3.63) is 41.7 Å². The van der Waals surface area contributed by atoms with Crippen molar-refractivity contribution in [2.45, 2.75) is 32.1 Å². The summed E-state index contributed by atoms with van der Waals surface area (Å²) >= 11 is 0. The molecule has 1 atom stereocenters. The molecule has 1 aliphatic heterocycles. The van der Waals surface area contributed by atoms with Gasteiger partial charge in [-0.3, -0.25) is 0 Å². The minimum atomic E-state index is -0.112. The molecule has 20 heavy (non-hydrogen) atoms. The third-order valence-electron chi connectivity index (χ3n) is 3.19. The van der Waals surface area contributed by atoms with Crippen LogP contribution in [0.5, 0.6) is 0 Å². The van der Waals surface area contributed by atoms with E-state index in [1.807, 2.05) is 24.3 Å². The van der Waals surface area contributed by atoms with Crippen LogP contribution in [0.1, 0.15) is 24.8 Å². The van der Waals surface area contributed by atoms with Crippen LogP contribution in [0.25, 0.3) is 0 Å². The Balaban J connectivity index is 1.74. The van der Waals surface area contributed by atoms with Gasteiger partial charge in [-0.05, 0) is 37.0 Å². The molecule has 0 radical (unpaired) electrons. The molecule has 1 aromatic carbocycles. The molecule has 0 aromatic heterocycles. The Morgan fingerprint density at radius 3 is 2.80 bits per heavy atom. The van der Waals surface area contributed by atoms with E-state index in [0.29, 0.717) is 18.8 Å². The first-order valence-corrected chi connectivity index (χ1v) is 7.01. The molecule has 1 aliphatic rings. The minimum absolute atomic E-state index is 0.112. The zero-order valence-corrected chi connectivity index (χ0v) is 11.7. The van der Waals surface area contributed by atoms with Crippen molar-refractivity contribution in [3.63, 3.8) is 0 Å². The van der Waals surface area contributed by atoms with Gasteiger partial charge in [0, 0.05) is 25.0 Å². The quantitative estimate of drug-likeness (QED) is 0.740. The predicted octanol–water partition coefficient (Wildman–Crippen LogP) is 1.90. The summed E-state index contributed by atoms with van der Waals surface area (Å²) in [7, 11) is 0. The summed E-state index contributed by atoms with van der Waals surface area (Å²) in [4.78, 5) is 0. The third-order valence-corrected chi connectivity index (χ3v) is 3.19. The standard InChI is InChI=1S/C15H23N3O2/c16-9-12-4-6-14(7-5-12)18-10-13(17)11-20-15-3-1-2-8-19-15/h4-7,10,15,18H,1-3,8-9,11,16-17H2/b13-10-. The maximum Gasteiger partial charge on any atom is 0.158 e. The molecule has 2 rings (SSSR count). The lowest BCUT2D eigenvalue weighted by molar-refractivity contribution is -0.157. The average molecular weight is 277 g/mol. The molecule has 0 bridgehead atoms. The molecule has 0 saturated carbocycles. The fourth-order valence-electron chi connectivity index (χ4n) is 1.99. The lowest BCUT2D eigenvalue weighted by Gasteiger charge is -2.22. The van der Waals surface area contributed by atoms with Crippen LogP contribution in [-0.2, 0) is 16.0 Å². The molecule has 5 nitrogen and oxygen atoms in total. The van der Waals surface area contributed by atoms with Crippen molar-refractivity contribution < 1.29 is 9.47 Å². The summed E-state index contributed by atoms with van der Waals surface area (Å²) in [5, 5.41) is 3.13.